The Hall–Kier alpha value is -2.24. The Bertz CT molecular complexity index is 772. The minimum atomic E-state index is -0.0766. The van der Waals surface area contributed by atoms with Crippen molar-refractivity contribution in [2.75, 3.05) is 5.32 Å². The molecular formula is C16H12ClN3OS. The normalized spacial score (nSPS) is 10.4. The molecule has 0 spiro atoms. The van der Waals surface area contributed by atoms with Crippen molar-refractivity contribution in [2.24, 2.45) is 0 Å². The molecule has 1 N–H and O–H groups in total. The number of pyridine rings is 1. The number of nitrogens with one attached hydrogen (secondary N) is 1. The summed E-state index contributed by atoms with van der Waals surface area (Å²) in [5, 5.41) is 5.10. The van der Waals surface area contributed by atoms with E-state index in [-0.39, 0.29) is 5.91 Å². The number of halogens is 1. The molecule has 1 aromatic carbocycles. The standard InChI is InChI=1S/C16H12ClN3OS/c17-13-3-1-11(2-4-13)9-14(21)20-15-10-19-16(22-15)12-5-7-18-8-6-12/h1-8,10H,9H2,(H,20,21). The van der Waals surface area contributed by atoms with Crippen molar-refractivity contribution in [2.45, 2.75) is 6.42 Å². The average molecular weight is 330 g/mol. The van der Waals surface area contributed by atoms with Gasteiger partial charge in [-0.15, -0.1) is 0 Å². The van der Waals surface area contributed by atoms with E-state index < -0.39 is 0 Å². The van der Waals surface area contributed by atoms with Gasteiger partial charge in [-0.25, -0.2) is 4.98 Å². The molecule has 0 unspecified atom stereocenters. The summed E-state index contributed by atoms with van der Waals surface area (Å²) in [5.41, 5.74) is 1.90. The molecule has 0 bridgehead atoms. The van der Waals surface area contributed by atoms with Gasteiger partial charge in [0, 0.05) is 23.0 Å². The van der Waals surface area contributed by atoms with Gasteiger partial charge >= 0.3 is 0 Å². The van der Waals surface area contributed by atoms with Crippen LogP contribution < -0.4 is 5.32 Å². The largest absolute Gasteiger partial charge is 0.316 e. The second kappa shape index (κ2) is 6.68. The summed E-state index contributed by atoms with van der Waals surface area (Å²) in [7, 11) is 0. The predicted octanol–water partition coefficient (Wildman–Crippen LogP) is 4.04. The molecule has 0 aliphatic rings. The zero-order valence-electron chi connectivity index (χ0n) is 11.5. The number of hydrogen-bond donors (Lipinski definition) is 1. The van der Waals surface area contributed by atoms with Crippen LogP contribution in [0.25, 0.3) is 10.6 Å². The number of aromatic nitrogens is 2. The van der Waals surface area contributed by atoms with Crippen molar-refractivity contribution in [1.29, 1.82) is 0 Å². The number of anilines is 1. The van der Waals surface area contributed by atoms with Gasteiger partial charge in [0.2, 0.25) is 5.91 Å². The van der Waals surface area contributed by atoms with Gasteiger partial charge in [0.15, 0.2) is 0 Å². The SMILES string of the molecule is O=C(Cc1ccc(Cl)cc1)Nc1cnc(-c2ccncc2)s1. The van der Waals surface area contributed by atoms with Crippen LogP contribution in [0.15, 0.2) is 55.0 Å². The highest BCUT2D eigenvalue weighted by molar-refractivity contribution is 7.19. The second-order valence-electron chi connectivity index (χ2n) is 4.62. The van der Waals surface area contributed by atoms with Gasteiger partial charge in [-0.3, -0.25) is 9.78 Å². The molecule has 4 nitrogen and oxygen atoms in total. The average Bonchev–Trinajstić information content (AvgIpc) is 2.99. The number of hydrogen-bond acceptors (Lipinski definition) is 4. The fraction of sp³-hybridized carbons (Fsp3) is 0.0625. The van der Waals surface area contributed by atoms with Crippen molar-refractivity contribution in [3.8, 4) is 10.6 Å². The topological polar surface area (TPSA) is 54.9 Å². The number of nitrogens with zero attached hydrogens (tertiary/aromatic N) is 2. The lowest BCUT2D eigenvalue weighted by atomic mass is 10.1. The first-order valence-electron chi connectivity index (χ1n) is 6.61. The van der Waals surface area contributed by atoms with E-state index in [1.807, 2.05) is 24.3 Å². The maximum atomic E-state index is 12.0. The molecule has 3 aromatic rings. The number of carbonyl (C=O) groups excluding carboxylic acids is 1. The second-order valence-corrected chi connectivity index (χ2v) is 6.08. The van der Waals surface area contributed by atoms with Crippen LogP contribution in [0.4, 0.5) is 5.00 Å². The van der Waals surface area contributed by atoms with Crippen LogP contribution in [0.5, 0.6) is 0 Å². The molecule has 0 aliphatic carbocycles. The van der Waals surface area contributed by atoms with Gasteiger partial charge in [0.1, 0.15) is 10.0 Å². The van der Waals surface area contributed by atoms with E-state index in [1.165, 1.54) is 11.3 Å². The highest BCUT2D eigenvalue weighted by Crippen LogP contribution is 2.27. The molecule has 2 heterocycles. The number of benzene rings is 1. The maximum Gasteiger partial charge on any atom is 0.229 e. The van der Waals surface area contributed by atoms with Crippen molar-refractivity contribution in [3.63, 3.8) is 0 Å². The fourth-order valence-electron chi connectivity index (χ4n) is 1.93. The van der Waals surface area contributed by atoms with Crippen LogP contribution in [0, 0.1) is 0 Å². The third kappa shape index (κ3) is 3.69. The lowest BCUT2D eigenvalue weighted by Crippen LogP contribution is -2.13. The van der Waals surface area contributed by atoms with Crippen LogP contribution in [0.2, 0.25) is 5.02 Å². The van der Waals surface area contributed by atoms with E-state index in [4.69, 9.17) is 11.6 Å². The van der Waals surface area contributed by atoms with E-state index in [2.05, 4.69) is 15.3 Å². The molecule has 0 aliphatic heterocycles. The van der Waals surface area contributed by atoms with Crippen LogP contribution in [0.3, 0.4) is 0 Å². The van der Waals surface area contributed by atoms with Crippen molar-refractivity contribution < 1.29 is 4.79 Å². The minimum absolute atomic E-state index is 0.0766. The Balaban J connectivity index is 1.65. The molecule has 6 heteroatoms. The molecule has 110 valence electrons. The summed E-state index contributed by atoms with van der Waals surface area (Å²) in [5.74, 6) is -0.0766. The van der Waals surface area contributed by atoms with Gasteiger partial charge in [-0.05, 0) is 29.8 Å². The number of carbonyl (C=O) groups is 1. The zero-order valence-corrected chi connectivity index (χ0v) is 13.1. The zero-order chi connectivity index (χ0) is 15.4. The summed E-state index contributed by atoms with van der Waals surface area (Å²) in [6, 6.07) is 11.0. The van der Waals surface area contributed by atoms with Gasteiger partial charge in [-0.1, -0.05) is 35.1 Å². The van der Waals surface area contributed by atoms with Crippen LogP contribution >= 0.6 is 22.9 Å². The van der Waals surface area contributed by atoms with E-state index in [0.717, 1.165) is 21.1 Å². The van der Waals surface area contributed by atoms with Crippen LogP contribution in [0.1, 0.15) is 5.56 Å². The quantitative estimate of drug-likeness (QED) is 0.786. The Morgan fingerprint density at radius 1 is 1.14 bits per heavy atom. The lowest BCUT2D eigenvalue weighted by molar-refractivity contribution is -0.115. The Morgan fingerprint density at radius 3 is 2.59 bits per heavy atom. The lowest BCUT2D eigenvalue weighted by Gasteiger charge is -2.02. The van der Waals surface area contributed by atoms with Crippen molar-refractivity contribution in [3.05, 3.63) is 65.6 Å². The highest BCUT2D eigenvalue weighted by atomic mass is 35.5. The summed E-state index contributed by atoms with van der Waals surface area (Å²) in [6.45, 7) is 0. The third-order valence-electron chi connectivity index (χ3n) is 2.97. The molecule has 0 atom stereocenters. The third-order valence-corrected chi connectivity index (χ3v) is 4.19. The minimum Gasteiger partial charge on any atom is -0.316 e. The van der Waals surface area contributed by atoms with Crippen molar-refractivity contribution in [1.82, 2.24) is 9.97 Å². The number of amides is 1. The van der Waals surface area contributed by atoms with E-state index >= 15 is 0 Å². The summed E-state index contributed by atoms with van der Waals surface area (Å²) in [6.07, 6.45) is 5.41. The first-order valence-corrected chi connectivity index (χ1v) is 7.81. The van der Waals surface area contributed by atoms with Crippen molar-refractivity contribution >= 4 is 33.8 Å². The van der Waals surface area contributed by atoms with Gasteiger partial charge in [0.05, 0.1) is 12.6 Å². The molecular weight excluding hydrogens is 318 g/mol. The Kier molecular flexibility index (Phi) is 4.46. The molecule has 0 radical (unpaired) electrons. The fourth-order valence-corrected chi connectivity index (χ4v) is 2.89. The van der Waals surface area contributed by atoms with Gasteiger partial charge in [-0.2, -0.15) is 0 Å². The molecule has 0 saturated carbocycles. The summed E-state index contributed by atoms with van der Waals surface area (Å²) in [4.78, 5) is 20.3. The molecule has 1 amide bonds. The van der Waals surface area contributed by atoms with Gasteiger partial charge < -0.3 is 5.32 Å². The molecule has 22 heavy (non-hydrogen) atoms. The van der Waals surface area contributed by atoms with Crippen LogP contribution in [-0.2, 0) is 11.2 Å². The first kappa shape index (κ1) is 14.7. The monoisotopic (exact) mass is 329 g/mol. The summed E-state index contributed by atoms with van der Waals surface area (Å²) >= 11 is 7.26. The number of rotatable bonds is 4. The summed E-state index contributed by atoms with van der Waals surface area (Å²) < 4.78 is 0. The van der Waals surface area contributed by atoms with E-state index in [9.17, 15) is 4.79 Å². The highest BCUT2D eigenvalue weighted by Gasteiger charge is 2.08. The molecule has 0 fully saturated rings. The smallest absolute Gasteiger partial charge is 0.229 e. The maximum absolute atomic E-state index is 12.0. The number of thiazole rings is 1. The predicted molar refractivity (Wildman–Crippen MR) is 89.1 cm³/mol. The molecule has 0 saturated heterocycles. The van der Waals surface area contributed by atoms with Gasteiger partial charge in [0.25, 0.3) is 0 Å². The van der Waals surface area contributed by atoms with E-state index in [1.54, 1.807) is 30.7 Å². The van der Waals surface area contributed by atoms with E-state index in [0.29, 0.717) is 11.4 Å². The first-order chi connectivity index (χ1) is 10.7. The van der Waals surface area contributed by atoms with Crippen LogP contribution in [-0.4, -0.2) is 15.9 Å². The molecule has 2 aromatic heterocycles. The Labute approximate surface area is 136 Å². The molecule has 3 rings (SSSR count). The Morgan fingerprint density at radius 2 is 1.86 bits per heavy atom.